The lowest BCUT2D eigenvalue weighted by atomic mass is 10.2. The molecule has 0 saturated carbocycles. The van der Waals surface area contributed by atoms with E-state index in [-0.39, 0.29) is 18.2 Å². The highest BCUT2D eigenvalue weighted by atomic mass is 16.7. The lowest BCUT2D eigenvalue weighted by molar-refractivity contribution is 0.0693. The van der Waals surface area contributed by atoms with Gasteiger partial charge in [-0.2, -0.15) is 5.10 Å². The minimum Gasteiger partial charge on any atom is -0.477 e. The molecule has 2 aromatic rings. The van der Waals surface area contributed by atoms with Crippen molar-refractivity contribution in [1.82, 2.24) is 9.78 Å². The van der Waals surface area contributed by atoms with E-state index < -0.39 is 5.97 Å². The molecule has 0 spiro atoms. The van der Waals surface area contributed by atoms with E-state index in [4.69, 9.17) is 14.2 Å². The summed E-state index contributed by atoms with van der Waals surface area (Å²) in [5, 5.41) is 13.3. The number of aryl methyl sites for hydroxylation is 2. The first kappa shape index (κ1) is 12.3. The van der Waals surface area contributed by atoms with Gasteiger partial charge in [0.1, 0.15) is 11.3 Å². The molecule has 0 atom stereocenters. The van der Waals surface area contributed by atoms with Gasteiger partial charge >= 0.3 is 5.97 Å². The van der Waals surface area contributed by atoms with Crippen molar-refractivity contribution >= 4 is 5.97 Å². The van der Waals surface area contributed by atoms with Crippen molar-refractivity contribution in [2.75, 3.05) is 6.79 Å². The van der Waals surface area contributed by atoms with Crippen molar-refractivity contribution in [3.8, 4) is 23.1 Å². The van der Waals surface area contributed by atoms with Crippen LogP contribution >= 0.6 is 0 Å². The maximum absolute atomic E-state index is 11.3. The van der Waals surface area contributed by atoms with Gasteiger partial charge in [0, 0.05) is 13.1 Å². The number of carboxylic acid groups (broad SMARTS) is 1. The van der Waals surface area contributed by atoms with Gasteiger partial charge in [0.25, 0.3) is 0 Å². The number of aromatic carboxylic acids is 1. The summed E-state index contributed by atoms with van der Waals surface area (Å²) < 4.78 is 17.5. The Morgan fingerprint density at radius 2 is 2.15 bits per heavy atom. The largest absolute Gasteiger partial charge is 0.477 e. The molecule has 0 unspecified atom stereocenters. The second-order valence-electron chi connectivity index (χ2n) is 4.31. The second-order valence-corrected chi connectivity index (χ2v) is 4.31. The fraction of sp³-hybridized carbons (Fsp3) is 0.231. The standard InChI is InChI=1S/C13H12N2O5/c1-7-11(13(16)17)12(15(2)14-7)20-8-3-4-9-10(5-8)19-6-18-9/h3-5H,6H2,1-2H3,(H,16,17). The quantitative estimate of drug-likeness (QED) is 0.922. The summed E-state index contributed by atoms with van der Waals surface area (Å²) in [4.78, 5) is 11.3. The van der Waals surface area contributed by atoms with Crippen LogP contribution in [0.4, 0.5) is 0 Å². The van der Waals surface area contributed by atoms with Crippen LogP contribution in [-0.2, 0) is 7.05 Å². The van der Waals surface area contributed by atoms with Crippen LogP contribution in [0.3, 0.4) is 0 Å². The highest BCUT2D eigenvalue weighted by Crippen LogP contribution is 2.37. The first-order valence-electron chi connectivity index (χ1n) is 5.90. The average Bonchev–Trinajstić information content (AvgIpc) is 2.94. The maximum Gasteiger partial charge on any atom is 0.343 e. The molecule has 3 rings (SSSR count). The van der Waals surface area contributed by atoms with Gasteiger partial charge in [-0.05, 0) is 19.1 Å². The van der Waals surface area contributed by atoms with Crippen LogP contribution in [0, 0.1) is 6.92 Å². The van der Waals surface area contributed by atoms with Crippen LogP contribution < -0.4 is 14.2 Å². The zero-order valence-corrected chi connectivity index (χ0v) is 10.9. The molecule has 0 bridgehead atoms. The Morgan fingerprint density at radius 3 is 2.90 bits per heavy atom. The lowest BCUT2D eigenvalue weighted by Gasteiger charge is -2.07. The van der Waals surface area contributed by atoms with Crippen molar-refractivity contribution in [2.24, 2.45) is 7.05 Å². The van der Waals surface area contributed by atoms with Crippen molar-refractivity contribution in [3.05, 3.63) is 29.5 Å². The first-order valence-corrected chi connectivity index (χ1v) is 5.90. The molecule has 1 aliphatic heterocycles. The van der Waals surface area contributed by atoms with E-state index in [1.54, 1.807) is 32.2 Å². The normalized spacial score (nSPS) is 12.5. The zero-order valence-electron chi connectivity index (χ0n) is 10.9. The molecule has 0 saturated heterocycles. The molecule has 0 amide bonds. The molecular weight excluding hydrogens is 264 g/mol. The molecule has 0 radical (unpaired) electrons. The van der Waals surface area contributed by atoms with Crippen LogP contribution in [0.1, 0.15) is 16.1 Å². The summed E-state index contributed by atoms with van der Waals surface area (Å²) in [5.41, 5.74) is 0.445. The van der Waals surface area contributed by atoms with E-state index in [2.05, 4.69) is 5.10 Å². The lowest BCUT2D eigenvalue weighted by Crippen LogP contribution is -2.01. The molecule has 20 heavy (non-hydrogen) atoms. The summed E-state index contributed by atoms with van der Waals surface area (Å²) in [7, 11) is 1.63. The molecule has 1 aromatic carbocycles. The summed E-state index contributed by atoms with van der Waals surface area (Å²) in [6, 6.07) is 5.04. The number of hydrogen-bond donors (Lipinski definition) is 1. The molecule has 1 aliphatic rings. The van der Waals surface area contributed by atoms with Crippen LogP contribution in [0.5, 0.6) is 23.1 Å². The summed E-state index contributed by atoms with van der Waals surface area (Å²) >= 11 is 0. The highest BCUT2D eigenvalue weighted by Gasteiger charge is 2.22. The van der Waals surface area contributed by atoms with Gasteiger partial charge in [-0.15, -0.1) is 0 Å². The van der Waals surface area contributed by atoms with Crippen LogP contribution in [0.15, 0.2) is 18.2 Å². The van der Waals surface area contributed by atoms with Gasteiger partial charge in [-0.25, -0.2) is 9.48 Å². The summed E-state index contributed by atoms with van der Waals surface area (Å²) in [5.74, 6) is 0.759. The van der Waals surface area contributed by atoms with Crippen molar-refractivity contribution < 1.29 is 24.1 Å². The average molecular weight is 276 g/mol. The van der Waals surface area contributed by atoms with Gasteiger partial charge in [-0.1, -0.05) is 0 Å². The number of benzene rings is 1. The Hall–Kier alpha value is -2.70. The number of ether oxygens (including phenoxy) is 3. The molecule has 104 valence electrons. The van der Waals surface area contributed by atoms with E-state index in [0.717, 1.165) is 0 Å². The Kier molecular flexibility index (Phi) is 2.74. The number of hydrogen-bond acceptors (Lipinski definition) is 5. The van der Waals surface area contributed by atoms with E-state index >= 15 is 0 Å². The molecule has 2 heterocycles. The molecule has 7 heteroatoms. The van der Waals surface area contributed by atoms with Gasteiger partial charge in [-0.3, -0.25) is 0 Å². The smallest absolute Gasteiger partial charge is 0.343 e. The van der Waals surface area contributed by atoms with Crippen molar-refractivity contribution in [3.63, 3.8) is 0 Å². The number of carbonyl (C=O) groups is 1. The monoisotopic (exact) mass is 276 g/mol. The first-order chi connectivity index (χ1) is 9.56. The molecule has 7 nitrogen and oxygen atoms in total. The number of rotatable bonds is 3. The minimum absolute atomic E-state index is 0.0465. The van der Waals surface area contributed by atoms with Gasteiger partial charge < -0.3 is 19.3 Å². The second kappa shape index (κ2) is 4.44. The van der Waals surface area contributed by atoms with E-state index in [1.165, 1.54) is 4.68 Å². The highest BCUT2D eigenvalue weighted by molar-refractivity contribution is 5.91. The van der Waals surface area contributed by atoms with E-state index in [1.807, 2.05) is 0 Å². The van der Waals surface area contributed by atoms with Crippen LogP contribution in [-0.4, -0.2) is 27.6 Å². The number of nitrogens with zero attached hydrogens (tertiary/aromatic N) is 2. The number of fused-ring (bicyclic) bond motifs is 1. The molecule has 1 aromatic heterocycles. The molecule has 0 aliphatic carbocycles. The Morgan fingerprint density at radius 1 is 1.40 bits per heavy atom. The minimum atomic E-state index is -1.08. The van der Waals surface area contributed by atoms with E-state index in [9.17, 15) is 9.90 Å². The van der Waals surface area contributed by atoms with Gasteiger partial charge in [0.2, 0.25) is 12.7 Å². The Labute approximate surface area is 114 Å². The molecule has 1 N–H and O–H groups in total. The van der Waals surface area contributed by atoms with Gasteiger partial charge in [0.15, 0.2) is 11.5 Å². The molecule has 0 fully saturated rings. The number of carboxylic acids is 1. The number of aromatic nitrogens is 2. The third kappa shape index (κ3) is 1.93. The maximum atomic E-state index is 11.3. The zero-order chi connectivity index (χ0) is 14.3. The van der Waals surface area contributed by atoms with Gasteiger partial charge in [0.05, 0.1) is 5.69 Å². The topological polar surface area (TPSA) is 82.8 Å². The van der Waals surface area contributed by atoms with Crippen molar-refractivity contribution in [1.29, 1.82) is 0 Å². The predicted molar refractivity (Wildman–Crippen MR) is 67.5 cm³/mol. The third-order valence-corrected chi connectivity index (χ3v) is 2.94. The Balaban J connectivity index is 1.97. The van der Waals surface area contributed by atoms with Crippen LogP contribution in [0.25, 0.3) is 0 Å². The SMILES string of the molecule is Cc1nn(C)c(Oc2ccc3c(c2)OCO3)c1C(=O)O. The van der Waals surface area contributed by atoms with E-state index in [0.29, 0.717) is 22.9 Å². The van der Waals surface area contributed by atoms with Crippen molar-refractivity contribution in [2.45, 2.75) is 6.92 Å². The fourth-order valence-electron chi connectivity index (χ4n) is 2.05. The third-order valence-electron chi connectivity index (χ3n) is 2.94. The summed E-state index contributed by atoms with van der Waals surface area (Å²) in [6.45, 7) is 1.79. The summed E-state index contributed by atoms with van der Waals surface area (Å²) in [6.07, 6.45) is 0. The fourth-order valence-corrected chi connectivity index (χ4v) is 2.05. The predicted octanol–water partition coefficient (Wildman–Crippen LogP) is 1.95. The van der Waals surface area contributed by atoms with Crippen LogP contribution in [0.2, 0.25) is 0 Å². The molecular formula is C13H12N2O5. The Bertz CT molecular complexity index is 692.